The van der Waals surface area contributed by atoms with E-state index in [-0.39, 0.29) is 0 Å². The lowest BCUT2D eigenvalue weighted by molar-refractivity contribution is 0.217. The van der Waals surface area contributed by atoms with Crippen molar-refractivity contribution in [2.75, 3.05) is 38.1 Å². The largest absolute Gasteiger partial charge is 0.475 e. The standard InChI is InChI=1S/C12H21BrN4O/c1-4-14-11-10(13)12(16-9-15-11)18-8-7-17(5-2)6-3/h9H,4-8H2,1-3H3,(H,14,15,16). The van der Waals surface area contributed by atoms with E-state index in [1.165, 1.54) is 6.33 Å². The number of nitrogens with zero attached hydrogens (tertiary/aromatic N) is 3. The zero-order valence-corrected chi connectivity index (χ0v) is 12.8. The molecule has 1 rings (SSSR count). The summed E-state index contributed by atoms with van der Waals surface area (Å²) in [4.78, 5) is 10.6. The van der Waals surface area contributed by atoms with E-state index in [1.807, 2.05) is 6.92 Å². The molecule has 102 valence electrons. The first-order valence-corrected chi connectivity index (χ1v) is 7.11. The molecule has 0 aliphatic rings. The summed E-state index contributed by atoms with van der Waals surface area (Å²) in [6.07, 6.45) is 1.51. The predicted octanol–water partition coefficient (Wildman–Crippen LogP) is 2.39. The summed E-state index contributed by atoms with van der Waals surface area (Å²) in [7, 11) is 0. The minimum atomic E-state index is 0.591. The molecule has 0 unspecified atom stereocenters. The molecule has 0 fully saturated rings. The van der Waals surface area contributed by atoms with Crippen LogP contribution in [0.4, 0.5) is 5.82 Å². The highest BCUT2D eigenvalue weighted by Crippen LogP contribution is 2.28. The highest BCUT2D eigenvalue weighted by Gasteiger charge is 2.09. The summed E-state index contributed by atoms with van der Waals surface area (Å²) >= 11 is 3.46. The van der Waals surface area contributed by atoms with Gasteiger partial charge < -0.3 is 15.0 Å². The zero-order valence-electron chi connectivity index (χ0n) is 11.2. The lowest BCUT2D eigenvalue weighted by atomic mass is 10.5. The van der Waals surface area contributed by atoms with E-state index >= 15 is 0 Å². The smallest absolute Gasteiger partial charge is 0.233 e. The molecular weight excluding hydrogens is 296 g/mol. The van der Waals surface area contributed by atoms with E-state index in [0.29, 0.717) is 12.5 Å². The third kappa shape index (κ3) is 4.42. The number of rotatable bonds is 8. The predicted molar refractivity (Wildman–Crippen MR) is 77.2 cm³/mol. The minimum Gasteiger partial charge on any atom is -0.475 e. The number of aromatic nitrogens is 2. The molecule has 5 nitrogen and oxygen atoms in total. The van der Waals surface area contributed by atoms with Crippen molar-refractivity contribution >= 4 is 21.7 Å². The van der Waals surface area contributed by atoms with E-state index in [9.17, 15) is 0 Å². The van der Waals surface area contributed by atoms with Crippen LogP contribution in [0, 0.1) is 0 Å². The molecular formula is C12H21BrN4O. The molecule has 0 saturated carbocycles. The quantitative estimate of drug-likeness (QED) is 0.798. The Morgan fingerprint density at radius 1 is 1.28 bits per heavy atom. The Morgan fingerprint density at radius 3 is 2.61 bits per heavy atom. The van der Waals surface area contributed by atoms with Gasteiger partial charge in [-0.05, 0) is 35.9 Å². The maximum Gasteiger partial charge on any atom is 0.233 e. The lowest BCUT2D eigenvalue weighted by Gasteiger charge is -2.18. The van der Waals surface area contributed by atoms with Crippen LogP contribution in [-0.4, -0.2) is 47.7 Å². The summed E-state index contributed by atoms with van der Waals surface area (Å²) in [5.74, 6) is 1.36. The summed E-state index contributed by atoms with van der Waals surface area (Å²) in [6, 6.07) is 0. The Bertz CT molecular complexity index is 358. The third-order valence-electron chi connectivity index (χ3n) is 2.64. The van der Waals surface area contributed by atoms with Gasteiger partial charge in [0.25, 0.3) is 0 Å². The van der Waals surface area contributed by atoms with Gasteiger partial charge in [-0.15, -0.1) is 0 Å². The SMILES string of the molecule is CCNc1ncnc(OCCN(CC)CC)c1Br. The van der Waals surface area contributed by atoms with Crippen LogP contribution in [-0.2, 0) is 0 Å². The number of hydrogen-bond acceptors (Lipinski definition) is 5. The van der Waals surface area contributed by atoms with E-state index in [1.54, 1.807) is 0 Å². The number of nitrogens with one attached hydrogen (secondary N) is 1. The molecule has 18 heavy (non-hydrogen) atoms. The zero-order chi connectivity index (χ0) is 13.4. The first-order valence-electron chi connectivity index (χ1n) is 6.32. The monoisotopic (exact) mass is 316 g/mol. The Kier molecular flexibility index (Phi) is 6.97. The van der Waals surface area contributed by atoms with Crippen LogP contribution in [0.2, 0.25) is 0 Å². The molecule has 0 saturated heterocycles. The Morgan fingerprint density at radius 2 is 2.00 bits per heavy atom. The first-order chi connectivity index (χ1) is 8.72. The second-order valence-corrected chi connectivity index (χ2v) is 4.54. The van der Waals surface area contributed by atoms with E-state index < -0.39 is 0 Å². The second kappa shape index (κ2) is 8.26. The van der Waals surface area contributed by atoms with Crippen LogP contribution < -0.4 is 10.1 Å². The van der Waals surface area contributed by atoms with Gasteiger partial charge in [0.2, 0.25) is 5.88 Å². The Labute approximate surface area is 117 Å². The minimum absolute atomic E-state index is 0.591. The van der Waals surface area contributed by atoms with Crippen molar-refractivity contribution in [3.8, 4) is 5.88 Å². The fourth-order valence-corrected chi connectivity index (χ4v) is 2.02. The van der Waals surface area contributed by atoms with Crippen LogP contribution >= 0.6 is 15.9 Å². The topological polar surface area (TPSA) is 50.3 Å². The van der Waals surface area contributed by atoms with Gasteiger partial charge in [0.05, 0.1) is 0 Å². The van der Waals surface area contributed by atoms with Crippen molar-refractivity contribution in [1.29, 1.82) is 0 Å². The Balaban J connectivity index is 2.54. The van der Waals surface area contributed by atoms with Gasteiger partial charge in [-0.1, -0.05) is 13.8 Å². The average Bonchev–Trinajstić information content (AvgIpc) is 2.39. The summed E-state index contributed by atoms with van der Waals surface area (Å²) < 4.78 is 6.46. The average molecular weight is 317 g/mol. The van der Waals surface area contributed by atoms with Gasteiger partial charge in [0.1, 0.15) is 23.2 Å². The van der Waals surface area contributed by atoms with Crippen LogP contribution in [0.3, 0.4) is 0 Å². The summed E-state index contributed by atoms with van der Waals surface area (Å²) in [5.41, 5.74) is 0. The molecule has 1 aromatic heterocycles. The molecule has 0 bridgehead atoms. The Hall–Kier alpha value is -0.880. The van der Waals surface area contributed by atoms with Gasteiger partial charge in [-0.2, -0.15) is 0 Å². The van der Waals surface area contributed by atoms with E-state index in [4.69, 9.17) is 4.74 Å². The van der Waals surface area contributed by atoms with Gasteiger partial charge in [0.15, 0.2) is 0 Å². The second-order valence-electron chi connectivity index (χ2n) is 3.75. The van der Waals surface area contributed by atoms with Gasteiger partial charge in [0, 0.05) is 13.1 Å². The number of hydrogen-bond donors (Lipinski definition) is 1. The number of ether oxygens (including phenoxy) is 1. The van der Waals surface area contributed by atoms with Crippen molar-refractivity contribution in [1.82, 2.24) is 14.9 Å². The van der Waals surface area contributed by atoms with Crippen molar-refractivity contribution in [2.45, 2.75) is 20.8 Å². The molecule has 0 spiro atoms. The van der Waals surface area contributed by atoms with Crippen molar-refractivity contribution in [3.63, 3.8) is 0 Å². The normalized spacial score (nSPS) is 10.7. The molecule has 1 heterocycles. The van der Waals surface area contributed by atoms with Gasteiger partial charge in [-0.3, -0.25) is 0 Å². The molecule has 6 heteroatoms. The van der Waals surface area contributed by atoms with E-state index in [0.717, 1.165) is 36.5 Å². The highest BCUT2D eigenvalue weighted by atomic mass is 79.9. The molecule has 0 radical (unpaired) electrons. The molecule has 0 aliphatic carbocycles. The van der Waals surface area contributed by atoms with Crippen LogP contribution in [0.15, 0.2) is 10.8 Å². The van der Waals surface area contributed by atoms with Crippen molar-refractivity contribution in [3.05, 3.63) is 10.8 Å². The van der Waals surface area contributed by atoms with Gasteiger partial charge >= 0.3 is 0 Å². The van der Waals surface area contributed by atoms with Crippen molar-refractivity contribution in [2.24, 2.45) is 0 Å². The maximum absolute atomic E-state index is 5.68. The first kappa shape index (κ1) is 15.2. The lowest BCUT2D eigenvalue weighted by Crippen LogP contribution is -2.28. The number of likely N-dealkylation sites (N-methyl/N-ethyl adjacent to an activating group) is 1. The van der Waals surface area contributed by atoms with Crippen LogP contribution in [0.5, 0.6) is 5.88 Å². The maximum atomic E-state index is 5.68. The summed E-state index contributed by atoms with van der Waals surface area (Å²) in [5, 5.41) is 3.15. The van der Waals surface area contributed by atoms with Gasteiger partial charge in [-0.25, -0.2) is 9.97 Å². The van der Waals surface area contributed by atoms with Crippen LogP contribution in [0.25, 0.3) is 0 Å². The number of anilines is 1. The third-order valence-corrected chi connectivity index (χ3v) is 3.36. The molecule has 0 aromatic carbocycles. The van der Waals surface area contributed by atoms with Crippen LogP contribution in [0.1, 0.15) is 20.8 Å². The fourth-order valence-electron chi connectivity index (χ4n) is 1.56. The van der Waals surface area contributed by atoms with Crippen molar-refractivity contribution < 1.29 is 4.74 Å². The molecule has 0 amide bonds. The molecule has 0 atom stereocenters. The highest BCUT2D eigenvalue weighted by molar-refractivity contribution is 9.10. The molecule has 0 aliphatic heterocycles. The van der Waals surface area contributed by atoms with E-state index in [2.05, 4.69) is 50.0 Å². The molecule has 1 aromatic rings. The summed E-state index contributed by atoms with van der Waals surface area (Å²) in [6.45, 7) is 10.7. The fraction of sp³-hybridized carbons (Fsp3) is 0.667. The number of halogens is 1. The molecule has 1 N–H and O–H groups in total.